The summed E-state index contributed by atoms with van der Waals surface area (Å²) in [4.78, 5) is 40.5. The molecule has 0 spiro atoms. The summed E-state index contributed by atoms with van der Waals surface area (Å²) in [6.07, 6.45) is 5.65. The first-order valence-electron chi connectivity index (χ1n) is 8.74. The van der Waals surface area contributed by atoms with E-state index in [1.165, 1.54) is 4.90 Å². The van der Waals surface area contributed by atoms with Gasteiger partial charge in [0.05, 0.1) is 6.54 Å². The molecule has 1 aliphatic rings. The van der Waals surface area contributed by atoms with Crippen LogP contribution in [0.5, 0.6) is 0 Å². The average Bonchev–Trinajstić information content (AvgIpc) is 2.72. The Morgan fingerprint density at radius 2 is 1.84 bits per heavy atom. The van der Waals surface area contributed by atoms with Crippen LogP contribution in [0.1, 0.15) is 47.0 Å². The van der Waals surface area contributed by atoms with E-state index in [9.17, 15) is 14.4 Å². The molecule has 0 N–H and O–H groups in total. The van der Waals surface area contributed by atoms with Crippen molar-refractivity contribution < 1.29 is 14.4 Å². The predicted octanol–water partition coefficient (Wildman–Crippen LogP) is 3.72. The highest BCUT2D eigenvalue weighted by atomic mass is 16.2. The SMILES string of the molecule is C=CC/C(C)=C/C(=C)C(=O)CN1C(=O)N(C)C(C)(C(CC)CC)C1=O. The number of imide groups is 1. The molecule has 1 rings (SSSR count). The van der Waals surface area contributed by atoms with Gasteiger partial charge in [0.15, 0.2) is 5.78 Å². The topological polar surface area (TPSA) is 57.7 Å². The zero-order chi connectivity index (χ0) is 19.4. The molecule has 0 aromatic heterocycles. The summed E-state index contributed by atoms with van der Waals surface area (Å²) >= 11 is 0. The van der Waals surface area contributed by atoms with E-state index >= 15 is 0 Å². The van der Waals surface area contributed by atoms with Crippen LogP contribution in [-0.2, 0) is 9.59 Å². The van der Waals surface area contributed by atoms with E-state index in [0.29, 0.717) is 12.0 Å². The maximum absolute atomic E-state index is 12.9. The van der Waals surface area contributed by atoms with Crippen molar-refractivity contribution in [3.05, 3.63) is 36.5 Å². The quantitative estimate of drug-likeness (QED) is 0.277. The van der Waals surface area contributed by atoms with E-state index in [0.717, 1.165) is 23.3 Å². The van der Waals surface area contributed by atoms with Gasteiger partial charge in [-0.05, 0) is 26.2 Å². The number of amides is 3. The first-order valence-corrected chi connectivity index (χ1v) is 8.74. The first-order chi connectivity index (χ1) is 11.6. The standard InChI is InChI=1S/C20H30N2O3/c1-8-11-14(4)12-15(5)17(23)13-22-18(24)20(6,16(9-2)10-3)21(7)19(22)25/h8,12,16H,1,5,9-11,13H2,2-4,6-7H3/b14-12+. The van der Waals surface area contributed by atoms with Crippen LogP contribution in [0.2, 0.25) is 0 Å². The highest BCUT2D eigenvalue weighted by Gasteiger charge is 2.55. The van der Waals surface area contributed by atoms with Gasteiger partial charge in [0.2, 0.25) is 0 Å². The minimum absolute atomic E-state index is 0.0481. The zero-order valence-electron chi connectivity index (χ0n) is 16.1. The first kappa shape index (κ1) is 20.9. The smallest absolute Gasteiger partial charge is 0.313 e. The van der Waals surface area contributed by atoms with Crippen LogP contribution < -0.4 is 0 Å². The van der Waals surface area contributed by atoms with Crippen molar-refractivity contribution in [3.63, 3.8) is 0 Å². The molecule has 0 aliphatic carbocycles. The van der Waals surface area contributed by atoms with Crippen LogP contribution in [0.25, 0.3) is 0 Å². The minimum Gasteiger partial charge on any atom is -0.313 e. The summed E-state index contributed by atoms with van der Waals surface area (Å²) in [6, 6.07) is -0.424. The third-order valence-electron chi connectivity index (χ3n) is 5.22. The van der Waals surface area contributed by atoms with Gasteiger partial charge in [-0.1, -0.05) is 51.0 Å². The van der Waals surface area contributed by atoms with Crippen molar-refractivity contribution in [2.24, 2.45) is 5.92 Å². The molecule has 25 heavy (non-hydrogen) atoms. The van der Waals surface area contributed by atoms with Crippen molar-refractivity contribution in [2.75, 3.05) is 13.6 Å². The van der Waals surface area contributed by atoms with Gasteiger partial charge < -0.3 is 4.90 Å². The molecule has 1 unspecified atom stereocenters. The van der Waals surface area contributed by atoms with Crippen molar-refractivity contribution in [3.8, 4) is 0 Å². The number of likely N-dealkylation sites (N-methyl/N-ethyl adjacent to an activating group) is 1. The normalized spacial score (nSPS) is 21.3. The van der Waals surface area contributed by atoms with Gasteiger partial charge in [-0.3, -0.25) is 14.5 Å². The number of ketones is 1. The maximum atomic E-state index is 12.9. The molecule has 1 heterocycles. The highest BCUT2D eigenvalue weighted by Crippen LogP contribution is 2.36. The van der Waals surface area contributed by atoms with E-state index in [4.69, 9.17) is 0 Å². The molecule has 5 heteroatoms. The predicted molar refractivity (Wildman–Crippen MR) is 100 cm³/mol. The Kier molecular flexibility index (Phi) is 6.91. The van der Waals surface area contributed by atoms with Crippen LogP contribution >= 0.6 is 0 Å². The summed E-state index contributed by atoms with van der Waals surface area (Å²) in [6.45, 7) is 14.8. The van der Waals surface area contributed by atoms with E-state index in [2.05, 4.69) is 13.2 Å². The number of urea groups is 1. The summed E-state index contributed by atoms with van der Waals surface area (Å²) in [7, 11) is 1.63. The average molecular weight is 346 g/mol. The molecule has 1 saturated heterocycles. The van der Waals surface area contributed by atoms with Gasteiger partial charge in [-0.25, -0.2) is 4.79 Å². The van der Waals surface area contributed by atoms with Crippen LogP contribution in [-0.4, -0.2) is 46.7 Å². The van der Waals surface area contributed by atoms with E-state index in [1.807, 2.05) is 20.8 Å². The van der Waals surface area contributed by atoms with E-state index in [1.54, 1.807) is 26.1 Å². The van der Waals surface area contributed by atoms with Crippen molar-refractivity contribution >= 4 is 17.7 Å². The fourth-order valence-corrected chi connectivity index (χ4v) is 3.46. The largest absolute Gasteiger partial charge is 0.327 e. The number of carbonyl (C=O) groups excluding carboxylic acids is 3. The Labute approximate surface area is 151 Å². The second-order valence-electron chi connectivity index (χ2n) is 6.83. The van der Waals surface area contributed by atoms with Gasteiger partial charge >= 0.3 is 6.03 Å². The number of allylic oxidation sites excluding steroid dienone is 3. The van der Waals surface area contributed by atoms with E-state index in [-0.39, 0.29) is 24.2 Å². The summed E-state index contributed by atoms with van der Waals surface area (Å²) in [5.74, 6) is -0.582. The van der Waals surface area contributed by atoms with Crippen molar-refractivity contribution in [2.45, 2.75) is 52.5 Å². The number of carbonyl (C=O) groups is 3. The Bertz CT molecular complexity index is 616. The fraction of sp³-hybridized carbons (Fsp3) is 0.550. The number of Topliss-reactive ketones (excluding diaryl/α,β-unsaturated/α-hetero) is 1. The number of nitrogens with zero attached hydrogens (tertiary/aromatic N) is 2. The summed E-state index contributed by atoms with van der Waals surface area (Å²) < 4.78 is 0. The van der Waals surface area contributed by atoms with Gasteiger partial charge in [-0.15, -0.1) is 6.58 Å². The lowest BCUT2D eigenvalue weighted by Crippen LogP contribution is -2.51. The molecule has 1 aliphatic heterocycles. The Hall–Kier alpha value is -2.17. The summed E-state index contributed by atoms with van der Waals surface area (Å²) in [5, 5.41) is 0. The molecule has 0 radical (unpaired) electrons. The molecule has 3 amide bonds. The van der Waals surface area contributed by atoms with Gasteiger partial charge in [-0.2, -0.15) is 0 Å². The fourth-order valence-electron chi connectivity index (χ4n) is 3.46. The highest BCUT2D eigenvalue weighted by molar-refractivity contribution is 6.11. The van der Waals surface area contributed by atoms with Gasteiger partial charge in [0, 0.05) is 12.6 Å². The van der Waals surface area contributed by atoms with Crippen LogP contribution in [0, 0.1) is 5.92 Å². The number of hydrogen-bond acceptors (Lipinski definition) is 3. The molecular weight excluding hydrogens is 316 g/mol. The van der Waals surface area contributed by atoms with E-state index < -0.39 is 11.6 Å². The lowest BCUT2D eigenvalue weighted by atomic mass is 9.80. The number of rotatable bonds is 9. The Balaban J connectivity index is 3.00. The molecule has 0 aromatic carbocycles. The molecule has 138 valence electrons. The molecule has 1 atom stereocenters. The lowest BCUT2D eigenvalue weighted by molar-refractivity contribution is -0.136. The molecule has 0 bridgehead atoms. The monoisotopic (exact) mass is 346 g/mol. The van der Waals surface area contributed by atoms with Gasteiger partial charge in [0.25, 0.3) is 5.91 Å². The van der Waals surface area contributed by atoms with Crippen LogP contribution in [0.4, 0.5) is 4.79 Å². The Morgan fingerprint density at radius 3 is 2.32 bits per heavy atom. The van der Waals surface area contributed by atoms with Gasteiger partial charge in [0.1, 0.15) is 5.54 Å². The lowest BCUT2D eigenvalue weighted by Gasteiger charge is -2.35. The summed E-state index contributed by atoms with van der Waals surface area (Å²) in [5.41, 5.74) is 0.335. The van der Waals surface area contributed by atoms with Crippen molar-refractivity contribution in [1.82, 2.24) is 9.80 Å². The zero-order valence-corrected chi connectivity index (χ0v) is 16.1. The third kappa shape index (κ3) is 3.91. The minimum atomic E-state index is -0.906. The molecule has 1 fully saturated rings. The maximum Gasteiger partial charge on any atom is 0.327 e. The third-order valence-corrected chi connectivity index (χ3v) is 5.22. The van der Waals surface area contributed by atoms with Crippen molar-refractivity contribution in [1.29, 1.82) is 0 Å². The number of hydrogen-bond donors (Lipinski definition) is 0. The Morgan fingerprint density at radius 1 is 1.28 bits per heavy atom. The molecule has 5 nitrogen and oxygen atoms in total. The van der Waals surface area contributed by atoms with Crippen LogP contribution in [0.15, 0.2) is 36.5 Å². The molecule has 0 aromatic rings. The second kappa shape index (κ2) is 8.28. The second-order valence-corrected chi connectivity index (χ2v) is 6.83. The molecular formula is C20H30N2O3. The van der Waals surface area contributed by atoms with Crippen LogP contribution in [0.3, 0.4) is 0 Å². The molecule has 0 saturated carbocycles.